The SMILES string of the molecule is O=C(N=c1sn2c(c1[N+](=O)[O-])N(Cc1ccccn1)CC2)c1ccccc1. The number of anilines is 1. The third kappa shape index (κ3) is 3.36. The molecule has 1 amide bonds. The molecule has 0 fully saturated rings. The van der Waals surface area contributed by atoms with Crippen LogP contribution in [0.3, 0.4) is 0 Å². The van der Waals surface area contributed by atoms with Gasteiger partial charge < -0.3 is 4.90 Å². The average Bonchev–Trinajstić information content (AvgIpc) is 3.22. The summed E-state index contributed by atoms with van der Waals surface area (Å²) in [5.41, 5.74) is 1.10. The molecule has 0 atom stereocenters. The van der Waals surface area contributed by atoms with E-state index in [1.807, 2.05) is 27.1 Å². The van der Waals surface area contributed by atoms with E-state index in [4.69, 9.17) is 0 Å². The van der Waals surface area contributed by atoms with Crippen molar-refractivity contribution in [3.05, 3.63) is 80.8 Å². The summed E-state index contributed by atoms with van der Waals surface area (Å²) < 4.78 is 1.94. The monoisotopic (exact) mass is 381 g/mol. The molecule has 27 heavy (non-hydrogen) atoms. The lowest BCUT2D eigenvalue weighted by atomic mass is 10.2. The van der Waals surface area contributed by atoms with E-state index in [2.05, 4.69) is 9.98 Å². The van der Waals surface area contributed by atoms with Gasteiger partial charge in [-0.15, -0.1) is 0 Å². The van der Waals surface area contributed by atoms with Crippen molar-refractivity contribution >= 4 is 28.9 Å². The van der Waals surface area contributed by atoms with Crippen molar-refractivity contribution in [3.8, 4) is 0 Å². The Labute approximate surface area is 158 Å². The number of hydrogen-bond acceptors (Lipinski definition) is 6. The highest BCUT2D eigenvalue weighted by atomic mass is 32.1. The lowest BCUT2D eigenvalue weighted by molar-refractivity contribution is -0.385. The van der Waals surface area contributed by atoms with Crippen molar-refractivity contribution in [1.82, 2.24) is 8.94 Å². The summed E-state index contributed by atoms with van der Waals surface area (Å²) in [5.74, 6) is -0.00855. The predicted octanol–water partition coefficient (Wildman–Crippen LogP) is 2.61. The molecule has 0 bridgehead atoms. The van der Waals surface area contributed by atoms with Crippen molar-refractivity contribution in [3.63, 3.8) is 0 Å². The number of pyridine rings is 1. The molecule has 0 spiro atoms. The maximum absolute atomic E-state index is 12.4. The minimum Gasteiger partial charge on any atom is -0.344 e. The van der Waals surface area contributed by atoms with E-state index in [0.29, 0.717) is 31.0 Å². The highest BCUT2D eigenvalue weighted by Crippen LogP contribution is 2.33. The fraction of sp³-hybridized carbons (Fsp3) is 0.167. The molecule has 8 nitrogen and oxygen atoms in total. The first-order valence-electron chi connectivity index (χ1n) is 8.31. The van der Waals surface area contributed by atoms with Crippen LogP contribution >= 0.6 is 11.5 Å². The molecule has 3 heterocycles. The zero-order chi connectivity index (χ0) is 18.8. The molecule has 4 rings (SSSR count). The Morgan fingerprint density at radius 1 is 1.19 bits per heavy atom. The van der Waals surface area contributed by atoms with Crippen LogP contribution in [0.15, 0.2) is 59.7 Å². The van der Waals surface area contributed by atoms with E-state index in [-0.39, 0.29) is 10.4 Å². The number of aromatic nitrogens is 2. The smallest absolute Gasteiger partial charge is 0.344 e. The second kappa shape index (κ2) is 7.12. The van der Waals surface area contributed by atoms with Crippen LogP contribution in [0.5, 0.6) is 0 Å². The third-order valence-electron chi connectivity index (χ3n) is 4.21. The lowest BCUT2D eigenvalue weighted by Gasteiger charge is -2.15. The van der Waals surface area contributed by atoms with E-state index in [1.165, 1.54) is 0 Å². The number of carbonyl (C=O) groups is 1. The van der Waals surface area contributed by atoms with Gasteiger partial charge in [-0.25, -0.2) is 0 Å². The summed E-state index contributed by atoms with van der Waals surface area (Å²) in [7, 11) is 0. The van der Waals surface area contributed by atoms with E-state index >= 15 is 0 Å². The largest absolute Gasteiger partial charge is 0.347 e. The van der Waals surface area contributed by atoms with Gasteiger partial charge >= 0.3 is 5.69 Å². The van der Waals surface area contributed by atoms with E-state index in [1.54, 1.807) is 36.5 Å². The summed E-state index contributed by atoms with van der Waals surface area (Å²) in [4.78, 5) is 33.9. The molecule has 1 aromatic carbocycles. The molecule has 0 N–H and O–H groups in total. The van der Waals surface area contributed by atoms with E-state index < -0.39 is 10.8 Å². The van der Waals surface area contributed by atoms with Crippen molar-refractivity contribution in [2.75, 3.05) is 11.4 Å². The van der Waals surface area contributed by atoms with Crippen LogP contribution < -0.4 is 9.57 Å². The lowest BCUT2D eigenvalue weighted by Crippen LogP contribution is -2.22. The Morgan fingerprint density at radius 2 is 1.96 bits per heavy atom. The van der Waals surface area contributed by atoms with Crippen LogP contribution in [-0.2, 0) is 13.1 Å². The van der Waals surface area contributed by atoms with E-state index in [0.717, 1.165) is 17.2 Å². The summed E-state index contributed by atoms with van der Waals surface area (Å²) in [6.45, 7) is 1.73. The van der Waals surface area contributed by atoms with E-state index in [9.17, 15) is 14.9 Å². The van der Waals surface area contributed by atoms with Crippen LogP contribution in [0.1, 0.15) is 16.1 Å². The zero-order valence-corrected chi connectivity index (χ0v) is 15.0. The first-order valence-corrected chi connectivity index (χ1v) is 9.08. The van der Waals surface area contributed by atoms with Gasteiger partial charge in [-0.3, -0.25) is 23.8 Å². The summed E-state index contributed by atoms with van der Waals surface area (Å²) in [6, 6.07) is 14.1. The molecule has 136 valence electrons. The summed E-state index contributed by atoms with van der Waals surface area (Å²) in [5, 5.41) is 11.7. The van der Waals surface area contributed by atoms with Gasteiger partial charge in [0.15, 0.2) is 0 Å². The topological polar surface area (TPSA) is 93.6 Å². The fourth-order valence-corrected chi connectivity index (χ4v) is 4.04. The highest BCUT2D eigenvalue weighted by Gasteiger charge is 2.33. The van der Waals surface area contributed by atoms with Gasteiger partial charge in [0.1, 0.15) is 0 Å². The number of rotatable bonds is 4. The van der Waals surface area contributed by atoms with Gasteiger partial charge in [-0.2, -0.15) is 4.99 Å². The molecule has 2 aromatic heterocycles. The summed E-state index contributed by atoms with van der Waals surface area (Å²) in [6.07, 6.45) is 1.70. The molecular formula is C18H15N5O3S. The standard InChI is InChI=1S/C18H15N5O3S/c24-16(13-6-2-1-3-7-13)20-17-15(23(25)26)18-21(10-11-22(18)27-17)12-14-8-4-5-9-19-14/h1-9H,10-12H2. The fourth-order valence-electron chi connectivity index (χ4n) is 2.99. The second-order valence-corrected chi connectivity index (χ2v) is 6.96. The molecule has 0 aliphatic carbocycles. The predicted molar refractivity (Wildman–Crippen MR) is 101 cm³/mol. The third-order valence-corrected chi connectivity index (χ3v) is 5.24. The molecule has 0 unspecified atom stereocenters. The normalized spacial score (nSPS) is 13.6. The van der Waals surface area contributed by atoms with Gasteiger partial charge in [0.05, 0.1) is 23.7 Å². The number of nitro groups is 1. The molecule has 0 radical (unpaired) electrons. The minimum absolute atomic E-state index is 0.120. The quantitative estimate of drug-likeness (QED) is 0.511. The number of carbonyl (C=O) groups excluding carboxylic acids is 1. The van der Waals surface area contributed by atoms with Crippen LogP contribution in [0.25, 0.3) is 0 Å². The number of benzene rings is 1. The number of nitrogens with zero attached hydrogens (tertiary/aromatic N) is 5. The van der Waals surface area contributed by atoms with Crippen molar-refractivity contribution in [2.45, 2.75) is 13.1 Å². The van der Waals surface area contributed by atoms with Crippen LogP contribution in [0, 0.1) is 10.1 Å². The van der Waals surface area contributed by atoms with Crippen LogP contribution in [0.4, 0.5) is 11.5 Å². The Balaban J connectivity index is 1.74. The number of amides is 1. The molecule has 3 aromatic rings. The Hall–Kier alpha value is -3.33. The van der Waals surface area contributed by atoms with Gasteiger partial charge in [-0.05, 0) is 35.8 Å². The van der Waals surface area contributed by atoms with Crippen molar-refractivity contribution in [1.29, 1.82) is 0 Å². The first-order chi connectivity index (χ1) is 13.1. The maximum atomic E-state index is 12.4. The number of hydrogen-bond donors (Lipinski definition) is 0. The molecule has 9 heteroatoms. The Morgan fingerprint density at radius 3 is 2.67 bits per heavy atom. The maximum Gasteiger partial charge on any atom is 0.347 e. The van der Waals surface area contributed by atoms with Gasteiger partial charge in [0.2, 0.25) is 10.5 Å². The van der Waals surface area contributed by atoms with Gasteiger partial charge in [0.25, 0.3) is 5.91 Å². The van der Waals surface area contributed by atoms with Crippen molar-refractivity contribution < 1.29 is 9.72 Å². The Kier molecular flexibility index (Phi) is 4.51. The average molecular weight is 381 g/mol. The zero-order valence-electron chi connectivity index (χ0n) is 14.2. The summed E-state index contributed by atoms with van der Waals surface area (Å²) >= 11 is 1.14. The molecular weight excluding hydrogens is 366 g/mol. The Bertz CT molecular complexity index is 1060. The molecule has 1 aliphatic rings. The highest BCUT2D eigenvalue weighted by molar-refractivity contribution is 7.04. The van der Waals surface area contributed by atoms with Gasteiger partial charge in [-0.1, -0.05) is 24.3 Å². The van der Waals surface area contributed by atoms with Crippen LogP contribution in [-0.4, -0.2) is 26.3 Å². The van der Waals surface area contributed by atoms with Crippen molar-refractivity contribution in [2.24, 2.45) is 4.99 Å². The second-order valence-electron chi connectivity index (χ2n) is 5.95. The molecule has 0 saturated heterocycles. The minimum atomic E-state index is -0.490. The van der Waals surface area contributed by atoms with Crippen LogP contribution in [0.2, 0.25) is 0 Å². The molecule has 0 saturated carbocycles. The number of fused-ring (bicyclic) bond motifs is 1. The molecule has 1 aliphatic heterocycles. The van der Waals surface area contributed by atoms with Gasteiger partial charge in [0, 0.05) is 18.3 Å². The first kappa shape index (κ1) is 17.1.